The fourth-order valence-electron chi connectivity index (χ4n) is 3.09. The van der Waals surface area contributed by atoms with Crippen LogP contribution in [0.15, 0.2) is 12.5 Å². The molecule has 0 spiro atoms. The summed E-state index contributed by atoms with van der Waals surface area (Å²) in [5.41, 5.74) is 1.38. The Morgan fingerprint density at radius 1 is 1.28 bits per heavy atom. The Hall–Kier alpha value is -0.870. The fourth-order valence-corrected chi connectivity index (χ4v) is 3.09. The van der Waals surface area contributed by atoms with E-state index in [1.807, 2.05) is 12.5 Å². The minimum absolute atomic E-state index is 0.515. The second kappa shape index (κ2) is 5.85. The molecule has 2 fully saturated rings. The van der Waals surface area contributed by atoms with Gasteiger partial charge in [-0.3, -0.25) is 0 Å². The third-order valence-corrected chi connectivity index (χ3v) is 4.21. The number of rotatable bonds is 3. The van der Waals surface area contributed by atoms with E-state index in [0.717, 1.165) is 32.2 Å². The monoisotopic (exact) mass is 249 g/mol. The second-order valence-corrected chi connectivity index (χ2v) is 5.53. The molecular weight excluding hydrogens is 226 g/mol. The number of imidazole rings is 1. The zero-order valence-corrected chi connectivity index (χ0v) is 11.0. The van der Waals surface area contributed by atoms with Crippen LogP contribution in [0.5, 0.6) is 0 Å². The van der Waals surface area contributed by atoms with Crippen molar-refractivity contribution in [1.29, 1.82) is 0 Å². The fraction of sp³-hybridized carbons (Fsp3) is 0.786. The Morgan fingerprint density at radius 2 is 2.17 bits per heavy atom. The average Bonchev–Trinajstić information content (AvgIpc) is 2.89. The third-order valence-electron chi connectivity index (χ3n) is 4.21. The van der Waals surface area contributed by atoms with Crippen LogP contribution in [0.25, 0.3) is 0 Å². The molecule has 0 aromatic carbocycles. The van der Waals surface area contributed by atoms with Gasteiger partial charge < -0.3 is 14.6 Å². The largest absolute Gasteiger partial charge is 0.381 e. The van der Waals surface area contributed by atoms with E-state index in [2.05, 4.69) is 14.9 Å². The highest BCUT2D eigenvalue weighted by atomic mass is 16.5. The minimum Gasteiger partial charge on any atom is -0.381 e. The lowest BCUT2D eigenvalue weighted by Gasteiger charge is -2.27. The first-order chi connectivity index (χ1) is 8.93. The normalized spacial score (nSPS) is 26.3. The maximum atomic E-state index is 5.43. The van der Waals surface area contributed by atoms with E-state index in [0.29, 0.717) is 6.04 Å². The molecule has 0 saturated carbocycles. The van der Waals surface area contributed by atoms with E-state index in [4.69, 9.17) is 4.74 Å². The lowest BCUT2D eigenvalue weighted by molar-refractivity contribution is 0.0608. The Balaban J connectivity index is 1.66. The van der Waals surface area contributed by atoms with E-state index < -0.39 is 0 Å². The van der Waals surface area contributed by atoms with Crippen LogP contribution in [0, 0.1) is 5.92 Å². The highest BCUT2D eigenvalue weighted by molar-refractivity contribution is 5.06. The van der Waals surface area contributed by atoms with E-state index in [1.54, 1.807) is 0 Å². The molecule has 4 heteroatoms. The van der Waals surface area contributed by atoms with Gasteiger partial charge in [-0.2, -0.15) is 0 Å². The summed E-state index contributed by atoms with van der Waals surface area (Å²) in [7, 11) is 0. The molecule has 1 aromatic rings. The first-order valence-corrected chi connectivity index (χ1v) is 7.24. The predicted octanol–water partition coefficient (Wildman–Crippen LogP) is 2.12. The zero-order valence-electron chi connectivity index (χ0n) is 11.0. The van der Waals surface area contributed by atoms with Gasteiger partial charge in [0, 0.05) is 32.0 Å². The molecule has 3 rings (SSSR count). The van der Waals surface area contributed by atoms with Crippen LogP contribution in [0.1, 0.15) is 43.8 Å². The summed E-state index contributed by atoms with van der Waals surface area (Å²) in [5.74, 6) is 0.760. The lowest BCUT2D eigenvalue weighted by atomic mass is 9.99. The Kier molecular flexibility index (Phi) is 3.96. The van der Waals surface area contributed by atoms with Crippen molar-refractivity contribution in [2.45, 2.75) is 44.7 Å². The number of piperidine rings is 1. The SMILES string of the molecule is c1ncn(CC2CCOCC2)c1C1CCCCN1. The van der Waals surface area contributed by atoms with Crippen LogP contribution in [0.3, 0.4) is 0 Å². The van der Waals surface area contributed by atoms with Gasteiger partial charge in [0.05, 0.1) is 12.0 Å². The summed E-state index contributed by atoms with van der Waals surface area (Å²) in [6, 6.07) is 0.515. The maximum absolute atomic E-state index is 5.43. The van der Waals surface area contributed by atoms with Crippen molar-refractivity contribution >= 4 is 0 Å². The summed E-state index contributed by atoms with van der Waals surface area (Å²) in [4.78, 5) is 4.35. The second-order valence-electron chi connectivity index (χ2n) is 5.53. The van der Waals surface area contributed by atoms with Crippen molar-refractivity contribution < 1.29 is 4.74 Å². The summed E-state index contributed by atoms with van der Waals surface area (Å²) in [5, 5.41) is 3.61. The molecule has 2 aliphatic rings. The summed E-state index contributed by atoms with van der Waals surface area (Å²) in [6.45, 7) is 4.11. The molecule has 0 aliphatic carbocycles. The van der Waals surface area contributed by atoms with Crippen LogP contribution in [0.2, 0.25) is 0 Å². The molecule has 0 bridgehead atoms. The molecule has 2 saturated heterocycles. The molecule has 1 atom stereocenters. The molecule has 0 amide bonds. The Labute approximate surface area is 109 Å². The van der Waals surface area contributed by atoms with Gasteiger partial charge in [-0.1, -0.05) is 6.42 Å². The molecule has 3 heterocycles. The van der Waals surface area contributed by atoms with Crippen LogP contribution in [-0.4, -0.2) is 29.3 Å². The summed E-state index contributed by atoms with van der Waals surface area (Å²) >= 11 is 0. The summed E-state index contributed by atoms with van der Waals surface area (Å²) in [6.07, 6.45) is 10.3. The smallest absolute Gasteiger partial charge is 0.0948 e. The molecule has 2 aliphatic heterocycles. The Bertz CT molecular complexity index is 365. The third kappa shape index (κ3) is 2.75. The number of hydrogen-bond acceptors (Lipinski definition) is 3. The number of ether oxygens (including phenoxy) is 1. The van der Waals surface area contributed by atoms with Gasteiger partial charge >= 0.3 is 0 Å². The van der Waals surface area contributed by atoms with Gasteiger partial charge in [-0.05, 0) is 38.1 Å². The quantitative estimate of drug-likeness (QED) is 0.892. The number of hydrogen-bond donors (Lipinski definition) is 1. The molecule has 100 valence electrons. The van der Waals surface area contributed by atoms with E-state index in [1.165, 1.54) is 37.8 Å². The van der Waals surface area contributed by atoms with Gasteiger partial charge in [0.25, 0.3) is 0 Å². The van der Waals surface area contributed by atoms with Crippen LogP contribution in [0.4, 0.5) is 0 Å². The van der Waals surface area contributed by atoms with Gasteiger partial charge in [0.2, 0.25) is 0 Å². The number of nitrogens with one attached hydrogen (secondary N) is 1. The zero-order chi connectivity index (χ0) is 12.2. The van der Waals surface area contributed by atoms with Crippen LogP contribution >= 0.6 is 0 Å². The van der Waals surface area contributed by atoms with Gasteiger partial charge in [0.1, 0.15) is 0 Å². The van der Waals surface area contributed by atoms with Crippen LogP contribution in [-0.2, 0) is 11.3 Å². The van der Waals surface area contributed by atoms with Crippen molar-refractivity contribution in [2.24, 2.45) is 5.92 Å². The van der Waals surface area contributed by atoms with Gasteiger partial charge in [-0.15, -0.1) is 0 Å². The highest BCUT2D eigenvalue weighted by Gasteiger charge is 2.21. The van der Waals surface area contributed by atoms with E-state index in [-0.39, 0.29) is 0 Å². The first-order valence-electron chi connectivity index (χ1n) is 7.24. The average molecular weight is 249 g/mol. The topological polar surface area (TPSA) is 39.1 Å². The predicted molar refractivity (Wildman–Crippen MR) is 70.4 cm³/mol. The molecular formula is C14H23N3O. The van der Waals surface area contributed by atoms with Crippen molar-refractivity contribution in [1.82, 2.24) is 14.9 Å². The molecule has 1 N–H and O–H groups in total. The Morgan fingerprint density at radius 3 is 2.94 bits per heavy atom. The first kappa shape index (κ1) is 12.2. The van der Waals surface area contributed by atoms with Crippen molar-refractivity contribution in [3.63, 3.8) is 0 Å². The number of nitrogens with zero attached hydrogens (tertiary/aromatic N) is 2. The van der Waals surface area contributed by atoms with Gasteiger partial charge in [0.15, 0.2) is 0 Å². The number of aromatic nitrogens is 2. The summed E-state index contributed by atoms with van der Waals surface area (Å²) < 4.78 is 7.79. The lowest BCUT2D eigenvalue weighted by Crippen LogP contribution is -2.29. The van der Waals surface area contributed by atoms with Crippen molar-refractivity contribution in [3.8, 4) is 0 Å². The van der Waals surface area contributed by atoms with Crippen LogP contribution < -0.4 is 5.32 Å². The highest BCUT2D eigenvalue weighted by Crippen LogP contribution is 2.24. The maximum Gasteiger partial charge on any atom is 0.0948 e. The molecule has 18 heavy (non-hydrogen) atoms. The molecule has 4 nitrogen and oxygen atoms in total. The van der Waals surface area contributed by atoms with Crippen molar-refractivity contribution in [3.05, 3.63) is 18.2 Å². The molecule has 0 radical (unpaired) electrons. The molecule has 1 unspecified atom stereocenters. The molecule has 1 aromatic heterocycles. The van der Waals surface area contributed by atoms with E-state index in [9.17, 15) is 0 Å². The minimum atomic E-state index is 0.515. The standard InChI is InChI=1S/C14H23N3O/c1-2-6-16-13(3-1)14-9-15-11-17(14)10-12-4-7-18-8-5-12/h9,11-13,16H,1-8,10H2. The van der Waals surface area contributed by atoms with E-state index >= 15 is 0 Å². The van der Waals surface area contributed by atoms with Crippen molar-refractivity contribution in [2.75, 3.05) is 19.8 Å². The van der Waals surface area contributed by atoms with Gasteiger partial charge in [-0.25, -0.2) is 4.98 Å².